The molecule has 2 rings (SSSR count). The second-order valence-electron chi connectivity index (χ2n) is 6.24. The minimum atomic E-state index is -1.07. The molecule has 0 radical (unpaired) electrons. The lowest BCUT2D eigenvalue weighted by molar-refractivity contribution is -0.131. The molecule has 6 heteroatoms. The van der Waals surface area contributed by atoms with E-state index in [2.05, 4.69) is 5.32 Å². The van der Waals surface area contributed by atoms with E-state index in [4.69, 9.17) is 4.74 Å². The van der Waals surface area contributed by atoms with Crippen molar-refractivity contribution in [1.82, 2.24) is 5.32 Å². The van der Waals surface area contributed by atoms with Gasteiger partial charge in [0.1, 0.15) is 11.6 Å². The molecule has 2 unspecified atom stereocenters. The van der Waals surface area contributed by atoms with E-state index in [-0.39, 0.29) is 30.0 Å². The van der Waals surface area contributed by atoms with Gasteiger partial charge in [0.2, 0.25) is 5.91 Å². The van der Waals surface area contributed by atoms with Gasteiger partial charge in [0.05, 0.1) is 5.41 Å². The van der Waals surface area contributed by atoms with E-state index in [0.29, 0.717) is 26.1 Å². The first-order valence-electron chi connectivity index (χ1n) is 7.86. The van der Waals surface area contributed by atoms with Gasteiger partial charge in [0, 0.05) is 37.5 Å². The second kappa shape index (κ2) is 7.36. The van der Waals surface area contributed by atoms with Crippen LogP contribution in [-0.2, 0) is 14.9 Å². The number of benzene rings is 1. The molecule has 1 aliphatic heterocycles. The molecule has 1 heterocycles. The van der Waals surface area contributed by atoms with Gasteiger partial charge in [-0.3, -0.25) is 4.79 Å². The normalized spacial score (nSPS) is 19.9. The monoisotopic (exact) mass is 327 g/mol. The molecule has 0 bridgehead atoms. The number of carbonyl (C=O) groups is 1. The molecule has 1 fully saturated rings. The number of amides is 1. The molecule has 23 heavy (non-hydrogen) atoms. The van der Waals surface area contributed by atoms with Crippen LogP contribution >= 0.6 is 0 Å². The van der Waals surface area contributed by atoms with Gasteiger partial charge in [0.25, 0.3) is 0 Å². The molecular weight excluding hydrogens is 304 g/mol. The van der Waals surface area contributed by atoms with Gasteiger partial charge in [-0.1, -0.05) is 13.0 Å². The lowest BCUT2D eigenvalue weighted by Crippen LogP contribution is -2.52. The highest BCUT2D eigenvalue weighted by molar-refractivity contribution is 5.88. The molecule has 4 nitrogen and oxygen atoms in total. The molecule has 1 saturated heterocycles. The van der Waals surface area contributed by atoms with Gasteiger partial charge in [0.15, 0.2) is 0 Å². The van der Waals surface area contributed by atoms with Gasteiger partial charge >= 0.3 is 0 Å². The zero-order valence-electron chi connectivity index (χ0n) is 13.4. The van der Waals surface area contributed by atoms with Gasteiger partial charge in [-0.2, -0.15) is 0 Å². The highest BCUT2D eigenvalue weighted by Crippen LogP contribution is 2.37. The molecule has 1 aliphatic rings. The molecule has 2 atom stereocenters. The third-order valence-corrected chi connectivity index (χ3v) is 4.73. The first-order chi connectivity index (χ1) is 10.9. The Kier molecular flexibility index (Phi) is 5.70. The molecule has 2 N–H and O–H groups in total. The van der Waals surface area contributed by atoms with Crippen molar-refractivity contribution in [3.8, 4) is 0 Å². The number of aliphatic hydroxyl groups is 1. The number of ether oxygens (including phenoxy) is 1. The zero-order valence-corrected chi connectivity index (χ0v) is 13.4. The van der Waals surface area contributed by atoms with Crippen LogP contribution in [-0.4, -0.2) is 36.9 Å². The van der Waals surface area contributed by atoms with Crippen molar-refractivity contribution in [1.29, 1.82) is 0 Å². The maximum atomic E-state index is 14.3. The van der Waals surface area contributed by atoms with Crippen LogP contribution in [0.4, 0.5) is 8.78 Å². The summed E-state index contributed by atoms with van der Waals surface area (Å²) in [5, 5.41) is 12.1. The number of carbonyl (C=O) groups excluding carboxylic acids is 1. The van der Waals surface area contributed by atoms with Crippen LogP contribution in [0.2, 0.25) is 0 Å². The molecule has 0 saturated carbocycles. The van der Waals surface area contributed by atoms with E-state index < -0.39 is 17.0 Å². The number of hydrogen-bond donors (Lipinski definition) is 2. The molecule has 1 amide bonds. The topological polar surface area (TPSA) is 58.6 Å². The van der Waals surface area contributed by atoms with Crippen LogP contribution < -0.4 is 5.32 Å². The predicted molar refractivity (Wildman–Crippen MR) is 81.9 cm³/mol. The molecule has 0 aliphatic carbocycles. The summed E-state index contributed by atoms with van der Waals surface area (Å²) in [7, 11) is 0. The Morgan fingerprint density at radius 2 is 2.00 bits per heavy atom. The molecule has 0 aromatic heterocycles. The zero-order chi connectivity index (χ0) is 17.0. The van der Waals surface area contributed by atoms with Gasteiger partial charge in [-0.25, -0.2) is 8.78 Å². The minimum Gasteiger partial charge on any atom is -0.396 e. The molecule has 1 aromatic carbocycles. The molecular formula is C17H23F2NO3. The molecule has 0 spiro atoms. The van der Waals surface area contributed by atoms with E-state index in [1.165, 1.54) is 12.1 Å². The Balaban J connectivity index is 2.33. The van der Waals surface area contributed by atoms with Crippen LogP contribution in [0, 0.1) is 17.6 Å². The van der Waals surface area contributed by atoms with Crippen LogP contribution in [0.1, 0.15) is 32.3 Å². The van der Waals surface area contributed by atoms with Crippen molar-refractivity contribution < 1.29 is 23.4 Å². The Bertz CT molecular complexity index is 559. The van der Waals surface area contributed by atoms with E-state index in [1.807, 2.05) is 6.92 Å². The summed E-state index contributed by atoms with van der Waals surface area (Å²) in [6.45, 7) is 4.25. The highest BCUT2D eigenvalue weighted by atomic mass is 19.1. The average molecular weight is 327 g/mol. The first-order valence-corrected chi connectivity index (χ1v) is 7.86. The fourth-order valence-electron chi connectivity index (χ4n) is 2.86. The van der Waals surface area contributed by atoms with Gasteiger partial charge < -0.3 is 15.2 Å². The smallest absolute Gasteiger partial charge is 0.231 e. The summed E-state index contributed by atoms with van der Waals surface area (Å²) in [6, 6.07) is 3.06. The van der Waals surface area contributed by atoms with Crippen molar-refractivity contribution in [3.05, 3.63) is 35.4 Å². The van der Waals surface area contributed by atoms with Crippen LogP contribution in [0.5, 0.6) is 0 Å². The maximum Gasteiger partial charge on any atom is 0.231 e. The summed E-state index contributed by atoms with van der Waals surface area (Å²) >= 11 is 0. The largest absolute Gasteiger partial charge is 0.396 e. The quantitative estimate of drug-likeness (QED) is 0.871. The fraction of sp³-hybridized carbons (Fsp3) is 0.588. The fourth-order valence-corrected chi connectivity index (χ4v) is 2.86. The third-order valence-electron chi connectivity index (χ3n) is 4.73. The summed E-state index contributed by atoms with van der Waals surface area (Å²) < 4.78 is 32.8. The lowest BCUT2D eigenvalue weighted by atomic mass is 9.72. The molecule has 128 valence electrons. The van der Waals surface area contributed by atoms with E-state index >= 15 is 0 Å². The number of nitrogens with one attached hydrogen (secondary N) is 1. The average Bonchev–Trinajstić information content (AvgIpc) is 2.54. The van der Waals surface area contributed by atoms with E-state index in [1.54, 1.807) is 6.92 Å². The summed E-state index contributed by atoms with van der Waals surface area (Å²) in [6.07, 6.45) is 0.670. The van der Waals surface area contributed by atoms with Crippen molar-refractivity contribution in [3.63, 3.8) is 0 Å². The first kappa shape index (κ1) is 17.8. The minimum absolute atomic E-state index is 0.0531. The lowest BCUT2D eigenvalue weighted by Gasteiger charge is -2.37. The predicted octanol–water partition coefficient (Wildman–Crippen LogP) is 2.15. The van der Waals surface area contributed by atoms with Gasteiger partial charge in [-0.15, -0.1) is 0 Å². The third kappa shape index (κ3) is 3.70. The molecule has 1 aromatic rings. The Morgan fingerprint density at radius 1 is 1.35 bits per heavy atom. The van der Waals surface area contributed by atoms with Crippen molar-refractivity contribution >= 4 is 5.91 Å². The Labute approximate surface area is 134 Å². The van der Waals surface area contributed by atoms with Crippen molar-refractivity contribution in [2.45, 2.75) is 38.1 Å². The number of aliphatic hydroxyl groups excluding tert-OH is 1. The summed E-state index contributed by atoms with van der Waals surface area (Å²) in [5.74, 6) is -1.81. The number of rotatable bonds is 5. The van der Waals surface area contributed by atoms with Gasteiger partial charge in [-0.05, 0) is 31.7 Å². The Hall–Kier alpha value is -1.53. The van der Waals surface area contributed by atoms with Crippen LogP contribution in [0.15, 0.2) is 18.2 Å². The van der Waals surface area contributed by atoms with E-state index in [9.17, 15) is 18.7 Å². The summed E-state index contributed by atoms with van der Waals surface area (Å²) in [4.78, 5) is 12.9. The number of halogens is 2. The van der Waals surface area contributed by atoms with Crippen molar-refractivity contribution in [2.24, 2.45) is 5.92 Å². The number of hydrogen-bond acceptors (Lipinski definition) is 3. The van der Waals surface area contributed by atoms with Crippen LogP contribution in [0.25, 0.3) is 0 Å². The Morgan fingerprint density at radius 3 is 2.57 bits per heavy atom. The summed E-state index contributed by atoms with van der Waals surface area (Å²) in [5.41, 5.74) is -0.872. The highest BCUT2D eigenvalue weighted by Gasteiger charge is 2.44. The van der Waals surface area contributed by atoms with Crippen LogP contribution in [0.3, 0.4) is 0 Å². The standard InChI is InChI=1S/C17H23F2NO3/c1-11(10-21)12(2)20-16(22)17(5-7-23-8-6-17)14-4-3-13(18)9-15(14)19/h3-4,9,11-12,21H,5-8,10H2,1-2H3,(H,20,22). The SMILES string of the molecule is CC(CO)C(C)NC(=O)C1(c2ccc(F)cc2F)CCOCC1. The second-order valence-corrected chi connectivity index (χ2v) is 6.24. The maximum absolute atomic E-state index is 14.3. The van der Waals surface area contributed by atoms with E-state index in [0.717, 1.165) is 6.07 Å². The van der Waals surface area contributed by atoms with Crippen molar-refractivity contribution in [2.75, 3.05) is 19.8 Å².